The molecule has 1 aliphatic rings. The van der Waals surface area contributed by atoms with Crippen LogP contribution in [-0.4, -0.2) is 18.4 Å². The number of aromatic nitrogens is 1. The largest absolute Gasteiger partial charge is 0.361 e. The van der Waals surface area contributed by atoms with Crippen LogP contribution in [0.15, 0.2) is 30.5 Å². The molecule has 1 fully saturated rings. The quantitative estimate of drug-likeness (QED) is 0.735. The number of methoxy groups -OCH3 is 1. The van der Waals surface area contributed by atoms with Crippen molar-refractivity contribution in [2.75, 3.05) is 7.11 Å². The molecule has 72 valence electrons. The Kier molecular flexibility index (Phi) is 1.63. The van der Waals surface area contributed by atoms with E-state index in [0.29, 0.717) is 0 Å². The Bertz CT molecular complexity index is 463. The third kappa shape index (κ3) is 1.14. The summed E-state index contributed by atoms with van der Waals surface area (Å²) in [5.41, 5.74) is 2.32. The van der Waals surface area contributed by atoms with E-state index in [1.165, 1.54) is 10.9 Å². The van der Waals surface area contributed by atoms with Crippen molar-refractivity contribution >= 4 is 10.9 Å². The second kappa shape index (κ2) is 2.83. The van der Waals surface area contributed by atoms with Gasteiger partial charge in [-0.2, -0.15) is 0 Å². The summed E-state index contributed by atoms with van der Waals surface area (Å²) < 4.78 is 10.4. The van der Waals surface area contributed by atoms with E-state index in [2.05, 4.69) is 29.2 Å². The van der Waals surface area contributed by atoms with Gasteiger partial charge in [0.1, 0.15) is 6.10 Å². The van der Waals surface area contributed by atoms with Crippen molar-refractivity contribution < 1.29 is 9.47 Å². The van der Waals surface area contributed by atoms with Crippen LogP contribution in [0.25, 0.3) is 10.9 Å². The van der Waals surface area contributed by atoms with Gasteiger partial charge < -0.3 is 14.5 Å². The fourth-order valence-corrected chi connectivity index (χ4v) is 1.76. The van der Waals surface area contributed by atoms with E-state index in [-0.39, 0.29) is 12.4 Å². The van der Waals surface area contributed by atoms with E-state index in [1.807, 2.05) is 6.20 Å². The SMILES string of the molecule is COC1OC1c1ccc2cc[nH]c2c1. The Labute approximate surface area is 81.6 Å². The van der Waals surface area contributed by atoms with Crippen molar-refractivity contribution in [1.82, 2.24) is 4.98 Å². The van der Waals surface area contributed by atoms with Gasteiger partial charge in [-0.15, -0.1) is 0 Å². The minimum atomic E-state index is -0.0533. The highest BCUT2D eigenvalue weighted by Gasteiger charge is 2.40. The summed E-state index contributed by atoms with van der Waals surface area (Å²) in [7, 11) is 1.66. The van der Waals surface area contributed by atoms with Crippen LogP contribution in [0.1, 0.15) is 11.7 Å². The van der Waals surface area contributed by atoms with Crippen LogP contribution in [0.3, 0.4) is 0 Å². The molecular formula is C11H11NO2. The van der Waals surface area contributed by atoms with Crippen LogP contribution in [0, 0.1) is 0 Å². The van der Waals surface area contributed by atoms with Crippen LogP contribution >= 0.6 is 0 Å². The molecule has 2 heterocycles. The molecule has 0 aliphatic carbocycles. The van der Waals surface area contributed by atoms with Gasteiger partial charge in [-0.05, 0) is 23.1 Å². The van der Waals surface area contributed by atoms with Gasteiger partial charge in [0.2, 0.25) is 0 Å². The average Bonchev–Trinajstić information content (AvgIpc) is 2.87. The average molecular weight is 189 g/mol. The van der Waals surface area contributed by atoms with Gasteiger partial charge in [0.05, 0.1) is 0 Å². The fraction of sp³-hybridized carbons (Fsp3) is 0.273. The maximum atomic E-state index is 5.34. The van der Waals surface area contributed by atoms with Crippen molar-refractivity contribution in [2.24, 2.45) is 0 Å². The molecule has 3 rings (SSSR count). The third-order valence-electron chi connectivity index (χ3n) is 2.59. The zero-order valence-corrected chi connectivity index (χ0v) is 7.86. The summed E-state index contributed by atoms with van der Waals surface area (Å²) in [6.07, 6.45) is 2.01. The van der Waals surface area contributed by atoms with E-state index in [1.54, 1.807) is 7.11 Å². The Morgan fingerprint density at radius 3 is 3.07 bits per heavy atom. The van der Waals surface area contributed by atoms with Crippen LogP contribution in [0.4, 0.5) is 0 Å². The van der Waals surface area contributed by atoms with Crippen molar-refractivity contribution in [2.45, 2.75) is 12.4 Å². The molecule has 14 heavy (non-hydrogen) atoms. The number of epoxide rings is 1. The monoisotopic (exact) mass is 189 g/mol. The van der Waals surface area contributed by atoms with E-state index in [9.17, 15) is 0 Å². The van der Waals surface area contributed by atoms with Gasteiger partial charge in [-0.3, -0.25) is 0 Å². The molecule has 3 nitrogen and oxygen atoms in total. The van der Waals surface area contributed by atoms with Crippen LogP contribution < -0.4 is 0 Å². The molecule has 0 radical (unpaired) electrons. The molecule has 1 N–H and O–H groups in total. The molecule has 0 amide bonds. The minimum absolute atomic E-state index is 0.0533. The van der Waals surface area contributed by atoms with Gasteiger partial charge in [0, 0.05) is 18.8 Å². The summed E-state index contributed by atoms with van der Waals surface area (Å²) in [5.74, 6) is 0. The lowest BCUT2D eigenvalue weighted by Crippen LogP contribution is -1.90. The van der Waals surface area contributed by atoms with Crippen LogP contribution in [0.2, 0.25) is 0 Å². The highest BCUT2D eigenvalue weighted by atomic mass is 16.8. The van der Waals surface area contributed by atoms with Gasteiger partial charge in [-0.25, -0.2) is 0 Å². The first kappa shape index (κ1) is 8.03. The van der Waals surface area contributed by atoms with Gasteiger partial charge in [-0.1, -0.05) is 12.1 Å². The molecule has 0 bridgehead atoms. The number of nitrogens with one attached hydrogen (secondary N) is 1. The molecule has 2 aromatic rings. The lowest BCUT2D eigenvalue weighted by Gasteiger charge is -1.96. The maximum absolute atomic E-state index is 5.34. The molecule has 2 atom stereocenters. The third-order valence-corrected chi connectivity index (χ3v) is 2.59. The van der Waals surface area contributed by atoms with Crippen LogP contribution in [-0.2, 0) is 9.47 Å². The number of benzene rings is 1. The van der Waals surface area contributed by atoms with Gasteiger partial charge in [0.15, 0.2) is 6.29 Å². The molecular weight excluding hydrogens is 178 g/mol. The van der Waals surface area contributed by atoms with E-state index >= 15 is 0 Å². The summed E-state index contributed by atoms with van der Waals surface area (Å²) in [6.45, 7) is 0. The lowest BCUT2D eigenvalue weighted by molar-refractivity contribution is 0.0950. The minimum Gasteiger partial charge on any atom is -0.361 e. The zero-order chi connectivity index (χ0) is 9.54. The summed E-state index contributed by atoms with van der Waals surface area (Å²) >= 11 is 0. The topological polar surface area (TPSA) is 37.5 Å². The van der Waals surface area contributed by atoms with E-state index < -0.39 is 0 Å². The first-order valence-corrected chi connectivity index (χ1v) is 4.64. The Hall–Kier alpha value is -1.32. The van der Waals surface area contributed by atoms with Crippen molar-refractivity contribution in [3.05, 3.63) is 36.0 Å². The number of H-pyrrole nitrogens is 1. The Morgan fingerprint density at radius 1 is 1.36 bits per heavy atom. The predicted molar refractivity (Wildman–Crippen MR) is 52.9 cm³/mol. The molecule has 3 heteroatoms. The highest BCUT2D eigenvalue weighted by molar-refractivity contribution is 5.80. The number of hydrogen-bond donors (Lipinski definition) is 1. The van der Waals surface area contributed by atoms with Gasteiger partial charge >= 0.3 is 0 Å². The second-order valence-corrected chi connectivity index (χ2v) is 3.49. The fourth-order valence-electron chi connectivity index (χ4n) is 1.76. The summed E-state index contributed by atoms with van der Waals surface area (Å²) in [6, 6.07) is 8.34. The molecule has 1 saturated heterocycles. The molecule has 1 aromatic carbocycles. The number of rotatable bonds is 2. The molecule has 2 unspecified atom stereocenters. The first-order valence-electron chi connectivity index (χ1n) is 4.64. The number of fused-ring (bicyclic) bond motifs is 1. The zero-order valence-electron chi connectivity index (χ0n) is 7.86. The lowest BCUT2D eigenvalue weighted by atomic mass is 10.1. The normalized spacial score (nSPS) is 25.5. The molecule has 0 spiro atoms. The Morgan fingerprint density at radius 2 is 2.29 bits per heavy atom. The van der Waals surface area contributed by atoms with Crippen LogP contribution in [0.5, 0.6) is 0 Å². The van der Waals surface area contributed by atoms with Crippen molar-refractivity contribution in [3.63, 3.8) is 0 Å². The van der Waals surface area contributed by atoms with Crippen molar-refractivity contribution in [3.8, 4) is 0 Å². The smallest absolute Gasteiger partial charge is 0.188 e. The Balaban J connectivity index is 1.98. The molecule has 0 saturated carbocycles. The first-order chi connectivity index (χ1) is 6.88. The van der Waals surface area contributed by atoms with Crippen molar-refractivity contribution in [1.29, 1.82) is 0 Å². The maximum Gasteiger partial charge on any atom is 0.188 e. The number of aromatic amines is 1. The number of hydrogen-bond acceptors (Lipinski definition) is 2. The van der Waals surface area contributed by atoms with Gasteiger partial charge in [0.25, 0.3) is 0 Å². The molecule has 1 aliphatic heterocycles. The number of ether oxygens (including phenoxy) is 2. The van der Waals surface area contributed by atoms with E-state index in [4.69, 9.17) is 9.47 Å². The standard InChI is InChI=1S/C11H11NO2/c1-13-11-10(14-11)8-3-2-7-4-5-12-9(7)6-8/h2-6,10-12H,1H3. The summed E-state index contributed by atoms with van der Waals surface area (Å²) in [5, 5.41) is 1.23. The highest BCUT2D eigenvalue weighted by Crippen LogP contribution is 2.39. The second-order valence-electron chi connectivity index (χ2n) is 3.49. The molecule has 1 aromatic heterocycles. The summed E-state index contributed by atoms with van der Waals surface area (Å²) in [4.78, 5) is 3.18. The predicted octanol–water partition coefficient (Wildman–Crippen LogP) is 2.21. The van der Waals surface area contributed by atoms with E-state index in [0.717, 1.165) is 5.52 Å².